The lowest BCUT2D eigenvalue weighted by atomic mass is 10.0. The van der Waals surface area contributed by atoms with Crippen molar-refractivity contribution in [3.05, 3.63) is 77.9 Å². The monoisotopic (exact) mass is 395 g/mol. The zero-order chi connectivity index (χ0) is 21.2. The summed E-state index contributed by atoms with van der Waals surface area (Å²) in [6.07, 6.45) is 8.18. The molecule has 154 valence electrons. The topological polar surface area (TPSA) is 72.6 Å². The van der Waals surface area contributed by atoms with Gasteiger partial charge in [0, 0.05) is 18.4 Å². The highest BCUT2D eigenvalue weighted by Crippen LogP contribution is 2.24. The van der Waals surface area contributed by atoms with E-state index in [0.29, 0.717) is 37.0 Å². The van der Waals surface area contributed by atoms with E-state index in [-0.39, 0.29) is 6.42 Å². The summed E-state index contributed by atoms with van der Waals surface area (Å²) in [5.74, 6) is 1.71. The van der Waals surface area contributed by atoms with Crippen LogP contribution in [-0.4, -0.2) is 22.7 Å². The summed E-state index contributed by atoms with van der Waals surface area (Å²) < 4.78 is 11.6. The van der Waals surface area contributed by atoms with Crippen molar-refractivity contribution >= 4 is 5.97 Å². The quantitative estimate of drug-likeness (QED) is 0.383. The van der Waals surface area contributed by atoms with Crippen molar-refractivity contribution in [1.29, 1.82) is 0 Å². The fourth-order valence-corrected chi connectivity index (χ4v) is 2.70. The molecular formula is C24H29NO4. The first kappa shape index (κ1) is 22.2. The van der Waals surface area contributed by atoms with Crippen LogP contribution in [0.5, 0.6) is 0 Å². The van der Waals surface area contributed by atoms with E-state index in [0.717, 1.165) is 17.0 Å². The predicted molar refractivity (Wildman–Crippen MR) is 115 cm³/mol. The molecule has 2 rings (SSSR count). The molecular weight excluding hydrogens is 366 g/mol. The number of aliphatic carboxylic acids is 1. The number of ether oxygens (including phenoxy) is 1. The highest BCUT2D eigenvalue weighted by Gasteiger charge is 2.12. The molecule has 1 aromatic heterocycles. The summed E-state index contributed by atoms with van der Waals surface area (Å²) in [7, 11) is 0. The lowest BCUT2D eigenvalue weighted by Crippen LogP contribution is -1.99. The van der Waals surface area contributed by atoms with Gasteiger partial charge in [-0.15, -0.1) is 0 Å². The lowest BCUT2D eigenvalue weighted by molar-refractivity contribution is -0.136. The molecule has 1 N–H and O–H groups in total. The van der Waals surface area contributed by atoms with Gasteiger partial charge in [-0.3, -0.25) is 4.79 Å². The smallest absolute Gasteiger partial charge is 0.303 e. The van der Waals surface area contributed by atoms with Gasteiger partial charge in [-0.25, -0.2) is 4.98 Å². The summed E-state index contributed by atoms with van der Waals surface area (Å²) in [6, 6.07) is 8.28. The van der Waals surface area contributed by atoms with Gasteiger partial charge in [-0.2, -0.15) is 0 Å². The highest BCUT2D eigenvalue weighted by molar-refractivity contribution is 5.66. The molecule has 29 heavy (non-hydrogen) atoms. The minimum absolute atomic E-state index is 0.114. The van der Waals surface area contributed by atoms with Crippen molar-refractivity contribution < 1.29 is 19.1 Å². The zero-order valence-corrected chi connectivity index (χ0v) is 17.4. The van der Waals surface area contributed by atoms with E-state index in [4.69, 9.17) is 14.3 Å². The van der Waals surface area contributed by atoms with Gasteiger partial charge in [0.05, 0.1) is 12.3 Å². The Balaban J connectivity index is 1.92. The van der Waals surface area contributed by atoms with Crippen molar-refractivity contribution in [3.8, 4) is 11.5 Å². The van der Waals surface area contributed by atoms with Crippen LogP contribution in [0, 0.1) is 6.92 Å². The first-order valence-electron chi connectivity index (χ1n) is 9.81. The summed E-state index contributed by atoms with van der Waals surface area (Å²) in [5, 5.41) is 8.62. The van der Waals surface area contributed by atoms with E-state index in [1.165, 1.54) is 5.56 Å². The van der Waals surface area contributed by atoms with Gasteiger partial charge in [0.25, 0.3) is 0 Å². The van der Waals surface area contributed by atoms with Crippen LogP contribution in [0.25, 0.3) is 11.5 Å². The van der Waals surface area contributed by atoms with Gasteiger partial charge in [0.15, 0.2) is 0 Å². The number of oxazole rings is 1. The van der Waals surface area contributed by atoms with Crippen LogP contribution in [0.3, 0.4) is 0 Å². The van der Waals surface area contributed by atoms with Crippen LogP contribution >= 0.6 is 0 Å². The summed E-state index contributed by atoms with van der Waals surface area (Å²) in [5.41, 5.74) is 3.11. The van der Waals surface area contributed by atoms with E-state index in [1.807, 2.05) is 19.1 Å². The molecule has 0 aliphatic carbocycles. The Morgan fingerprint density at radius 3 is 2.66 bits per heavy atom. The van der Waals surface area contributed by atoms with Crippen molar-refractivity contribution in [1.82, 2.24) is 4.98 Å². The molecule has 0 amide bonds. The van der Waals surface area contributed by atoms with E-state index in [2.05, 4.69) is 37.5 Å². The Morgan fingerprint density at radius 1 is 1.31 bits per heavy atom. The number of aromatic nitrogens is 1. The van der Waals surface area contributed by atoms with E-state index in [9.17, 15) is 4.79 Å². The van der Waals surface area contributed by atoms with Crippen LogP contribution in [-0.2, 0) is 16.0 Å². The van der Waals surface area contributed by atoms with Crippen LogP contribution in [0.15, 0.2) is 65.3 Å². The third-order valence-corrected chi connectivity index (χ3v) is 4.45. The Hall–Kier alpha value is -3.08. The van der Waals surface area contributed by atoms with E-state index >= 15 is 0 Å². The average molecular weight is 395 g/mol. The van der Waals surface area contributed by atoms with E-state index in [1.54, 1.807) is 24.3 Å². The number of hydrogen-bond donors (Lipinski definition) is 1. The number of carbonyl (C=O) groups is 1. The Bertz CT molecular complexity index is 873. The summed E-state index contributed by atoms with van der Waals surface area (Å²) in [4.78, 5) is 15.1. The maximum absolute atomic E-state index is 10.5. The second-order valence-electron chi connectivity index (χ2n) is 7.03. The number of nitrogens with zero attached hydrogens (tertiary/aromatic N) is 1. The summed E-state index contributed by atoms with van der Waals surface area (Å²) >= 11 is 0. The lowest BCUT2D eigenvalue weighted by Gasteiger charge is -2.05. The number of carboxylic acid groups (broad SMARTS) is 1. The normalized spacial score (nSPS) is 11.9. The number of carboxylic acids is 1. The molecule has 0 fully saturated rings. The van der Waals surface area contributed by atoms with Crippen LogP contribution < -0.4 is 0 Å². The van der Waals surface area contributed by atoms with Gasteiger partial charge in [-0.1, -0.05) is 44.7 Å². The van der Waals surface area contributed by atoms with Crippen LogP contribution in [0.1, 0.15) is 49.6 Å². The minimum atomic E-state index is -0.808. The van der Waals surface area contributed by atoms with Crippen LogP contribution in [0.2, 0.25) is 0 Å². The first-order chi connectivity index (χ1) is 13.9. The highest BCUT2D eigenvalue weighted by atomic mass is 16.5. The molecule has 0 radical (unpaired) electrons. The molecule has 0 atom stereocenters. The molecule has 1 aromatic carbocycles. The molecule has 0 spiro atoms. The minimum Gasteiger partial charge on any atom is -0.493 e. The SMILES string of the molecule is C=C/C(=C\C=C/CCC(=O)O)OCCc1nc(-c2ccc(C(C)C)cc2)oc1C. The van der Waals surface area contributed by atoms with Gasteiger partial charge in [-0.05, 0) is 49.1 Å². The zero-order valence-electron chi connectivity index (χ0n) is 17.4. The fraction of sp³-hybridized carbons (Fsp3) is 0.333. The molecule has 1 heterocycles. The maximum Gasteiger partial charge on any atom is 0.303 e. The fourth-order valence-electron chi connectivity index (χ4n) is 2.70. The van der Waals surface area contributed by atoms with Crippen LogP contribution in [0.4, 0.5) is 0 Å². The van der Waals surface area contributed by atoms with Crippen molar-refractivity contribution in [2.24, 2.45) is 0 Å². The van der Waals surface area contributed by atoms with Gasteiger partial charge < -0.3 is 14.3 Å². The standard InChI is InChI=1S/C24H29NO4/c1-5-21(9-7-6-8-10-23(26)27)28-16-15-22-18(4)29-24(25-22)20-13-11-19(12-14-20)17(2)3/h5-7,9,11-14,17H,1,8,10,15-16H2,2-4H3,(H,26,27)/b7-6-,21-9+. The van der Waals surface area contributed by atoms with Crippen molar-refractivity contribution in [3.63, 3.8) is 0 Å². The number of aryl methyl sites for hydroxylation is 1. The molecule has 0 saturated carbocycles. The third-order valence-electron chi connectivity index (χ3n) is 4.45. The van der Waals surface area contributed by atoms with Crippen molar-refractivity contribution in [2.75, 3.05) is 6.61 Å². The molecule has 2 aromatic rings. The second kappa shape index (κ2) is 11.1. The Kier molecular flexibility index (Phi) is 8.46. The first-order valence-corrected chi connectivity index (χ1v) is 9.81. The average Bonchev–Trinajstić information content (AvgIpc) is 3.06. The Morgan fingerprint density at radius 2 is 2.03 bits per heavy atom. The summed E-state index contributed by atoms with van der Waals surface area (Å²) in [6.45, 7) is 10.4. The Labute approximate surface area is 172 Å². The molecule has 0 bridgehead atoms. The van der Waals surface area contributed by atoms with Gasteiger partial charge in [0.2, 0.25) is 5.89 Å². The van der Waals surface area contributed by atoms with Gasteiger partial charge >= 0.3 is 5.97 Å². The number of benzene rings is 1. The molecule has 5 nitrogen and oxygen atoms in total. The third kappa shape index (κ3) is 7.11. The predicted octanol–water partition coefficient (Wildman–Crippen LogP) is 5.82. The molecule has 5 heteroatoms. The molecule has 0 aliphatic rings. The number of rotatable bonds is 11. The molecule has 0 unspecified atom stereocenters. The number of allylic oxidation sites excluding steroid dienone is 4. The maximum atomic E-state index is 10.5. The molecule has 0 aliphatic heterocycles. The van der Waals surface area contributed by atoms with Crippen molar-refractivity contribution in [2.45, 2.75) is 46.0 Å². The van der Waals surface area contributed by atoms with E-state index < -0.39 is 5.97 Å². The second-order valence-corrected chi connectivity index (χ2v) is 7.03. The number of hydrogen-bond acceptors (Lipinski definition) is 4. The molecule has 0 saturated heterocycles. The largest absolute Gasteiger partial charge is 0.493 e. The van der Waals surface area contributed by atoms with Gasteiger partial charge in [0.1, 0.15) is 11.5 Å².